The predicted octanol–water partition coefficient (Wildman–Crippen LogP) is 3.68. The zero-order chi connectivity index (χ0) is 11.2. The summed E-state index contributed by atoms with van der Waals surface area (Å²) >= 11 is 0. The van der Waals surface area contributed by atoms with Crippen molar-refractivity contribution in [2.24, 2.45) is 0 Å². The average molecular weight is 220 g/mol. The number of nitrogens with zero attached hydrogens (tertiary/aromatic N) is 1. The van der Waals surface area contributed by atoms with Gasteiger partial charge in [-0.1, -0.05) is 18.2 Å². The molecule has 2 heterocycles. The van der Waals surface area contributed by atoms with E-state index in [1.54, 1.807) is 0 Å². The maximum atomic E-state index is 4.17. The van der Waals surface area contributed by atoms with E-state index < -0.39 is 0 Å². The van der Waals surface area contributed by atoms with E-state index in [2.05, 4.69) is 40.3 Å². The van der Waals surface area contributed by atoms with Crippen LogP contribution in [0.3, 0.4) is 0 Å². The first-order valence-electron chi connectivity index (χ1n) is 5.97. The minimum atomic E-state index is 1.12. The zero-order valence-electron chi connectivity index (χ0n) is 9.40. The molecule has 0 atom stereocenters. The van der Waals surface area contributed by atoms with Crippen LogP contribution in [-0.2, 0) is 6.42 Å². The van der Waals surface area contributed by atoms with Crippen LogP contribution in [-0.4, -0.2) is 9.97 Å². The van der Waals surface area contributed by atoms with Gasteiger partial charge < -0.3 is 4.98 Å². The average Bonchev–Trinajstić information content (AvgIpc) is 2.77. The molecule has 0 saturated carbocycles. The smallest absolute Gasteiger partial charge is 0.0651 e. The summed E-state index contributed by atoms with van der Waals surface area (Å²) in [6, 6.07) is 6.52. The van der Waals surface area contributed by atoms with Crippen LogP contribution in [0.25, 0.3) is 27.9 Å². The highest BCUT2D eigenvalue weighted by molar-refractivity contribution is 6.11. The van der Waals surface area contributed by atoms with Gasteiger partial charge in [-0.3, -0.25) is 4.98 Å². The summed E-state index contributed by atoms with van der Waals surface area (Å²) in [5.41, 5.74) is 5.16. The molecule has 3 aromatic rings. The number of hydrogen-bond donors (Lipinski definition) is 1. The fraction of sp³-hybridized carbons (Fsp3) is 0.133. The minimum Gasteiger partial charge on any atom is -0.353 e. The zero-order valence-corrected chi connectivity index (χ0v) is 9.40. The van der Waals surface area contributed by atoms with Gasteiger partial charge in [0.05, 0.1) is 11.7 Å². The van der Waals surface area contributed by atoms with Gasteiger partial charge in [0.2, 0.25) is 0 Å². The molecule has 1 aromatic carbocycles. The summed E-state index contributed by atoms with van der Waals surface area (Å²) in [4.78, 5) is 7.60. The Balaban J connectivity index is 2.25. The van der Waals surface area contributed by atoms with Crippen LogP contribution in [0.5, 0.6) is 0 Å². The molecule has 1 N–H and O–H groups in total. The van der Waals surface area contributed by atoms with E-state index in [0.29, 0.717) is 0 Å². The van der Waals surface area contributed by atoms with Crippen molar-refractivity contribution in [3.8, 4) is 0 Å². The molecule has 2 aromatic heterocycles. The fourth-order valence-corrected chi connectivity index (χ4v) is 2.76. The standard InChI is InChI=1S/C15H12N2/c1-2-4-11-10(3-1)5-6-13-15(11)12-7-8-16-9-14(12)17-13/h2,4-9,17H,1,3H2. The van der Waals surface area contributed by atoms with Gasteiger partial charge in [-0.2, -0.15) is 0 Å². The number of benzene rings is 1. The summed E-state index contributed by atoms with van der Waals surface area (Å²) in [7, 11) is 0. The molecular formula is C15H12N2. The van der Waals surface area contributed by atoms with E-state index in [1.807, 2.05) is 12.4 Å². The second-order valence-corrected chi connectivity index (χ2v) is 4.55. The van der Waals surface area contributed by atoms with E-state index >= 15 is 0 Å². The second-order valence-electron chi connectivity index (χ2n) is 4.55. The van der Waals surface area contributed by atoms with E-state index in [1.165, 1.54) is 27.4 Å². The van der Waals surface area contributed by atoms with Crippen LogP contribution >= 0.6 is 0 Å². The predicted molar refractivity (Wildman–Crippen MR) is 71.0 cm³/mol. The van der Waals surface area contributed by atoms with Crippen molar-refractivity contribution < 1.29 is 0 Å². The lowest BCUT2D eigenvalue weighted by Gasteiger charge is -2.11. The monoisotopic (exact) mass is 220 g/mol. The topological polar surface area (TPSA) is 28.7 Å². The molecule has 0 bridgehead atoms. The molecular weight excluding hydrogens is 208 g/mol. The number of pyridine rings is 1. The molecule has 0 unspecified atom stereocenters. The van der Waals surface area contributed by atoms with Crippen molar-refractivity contribution in [1.82, 2.24) is 9.97 Å². The highest BCUT2D eigenvalue weighted by Gasteiger charge is 2.12. The Morgan fingerprint density at radius 3 is 3.12 bits per heavy atom. The maximum Gasteiger partial charge on any atom is 0.0651 e. The van der Waals surface area contributed by atoms with Crippen LogP contribution < -0.4 is 0 Å². The number of nitrogens with one attached hydrogen (secondary N) is 1. The van der Waals surface area contributed by atoms with Crippen LogP contribution in [0.2, 0.25) is 0 Å². The van der Waals surface area contributed by atoms with E-state index in [4.69, 9.17) is 0 Å². The van der Waals surface area contributed by atoms with Crippen molar-refractivity contribution in [1.29, 1.82) is 0 Å². The molecule has 0 spiro atoms. The number of fused-ring (bicyclic) bond motifs is 5. The van der Waals surface area contributed by atoms with Crippen molar-refractivity contribution in [3.05, 3.63) is 47.8 Å². The lowest BCUT2D eigenvalue weighted by Crippen LogP contribution is -1.93. The number of H-pyrrole nitrogens is 1. The summed E-state index contributed by atoms with van der Waals surface area (Å²) in [6.45, 7) is 0. The third-order valence-electron chi connectivity index (χ3n) is 3.56. The molecule has 0 radical (unpaired) electrons. The lowest BCUT2D eigenvalue weighted by molar-refractivity contribution is 0.990. The van der Waals surface area contributed by atoms with E-state index in [0.717, 1.165) is 18.4 Å². The number of rotatable bonds is 0. The SMILES string of the molecule is C1=Cc2c(ccc3[nH]c4cnccc4c23)CC1. The first-order chi connectivity index (χ1) is 8.43. The molecule has 1 aliphatic carbocycles. The van der Waals surface area contributed by atoms with Gasteiger partial charge >= 0.3 is 0 Å². The molecule has 0 saturated heterocycles. The number of aromatic amines is 1. The van der Waals surface area contributed by atoms with Gasteiger partial charge in [-0.05, 0) is 36.1 Å². The Morgan fingerprint density at radius 1 is 1.12 bits per heavy atom. The van der Waals surface area contributed by atoms with E-state index in [9.17, 15) is 0 Å². The Kier molecular flexibility index (Phi) is 1.69. The highest BCUT2D eigenvalue weighted by Crippen LogP contribution is 2.33. The van der Waals surface area contributed by atoms with E-state index in [-0.39, 0.29) is 0 Å². The molecule has 0 aliphatic heterocycles. The van der Waals surface area contributed by atoms with Gasteiger partial charge in [-0.15, -0.1) is 0 Å². The fourth-order valence-electron chi connectivity index (χ4n) is 2.76. The Labute approximate surface area is 99.0 Å². The first-order valence-corrected chi connectivity index (χ1v) is 5.97. The number of aryl methyl sites for hydroxylation is 1. The molecule has 17 heavy (non-hydrogen) atoms. The van der Waals surface area contributed by atoms with Crippen molar-refractivity contribution in [3.63, 3.8) is 0 Å². The van der Waals surface area contributed by atoms with Gasteiger partial charge in [0.25, 0.3) is 0 Å². The van der Waals surface area contributed by atoms with Crippen LogP contribution in [0.4, 0.5) is 0 Å². The third-order valence-corrected chi connectivity index (χ3v) is 3.56. The largest absolute Gasteiger partial charge is 0.353 e. The minimum absolute atomic E-state index is 1.12. The maximum absolute atomic E-state index is 4.17. The number of hydrogen-bond acceptors (Lipinski definition) is 1. The highest BCUT2D eigenvalue weighted by atomic mass is 14.7. The van der Waals surface area contributed by atoms with Gasteiger partial charge in [0.15, 0.2) is 0 Å². The second kappa shape index (κ2) is 3.20. The molecule has 1 aliphatic rings. The molecule has 2 nitrogen and oxygen atoms in total. The van der Waals surface area contributed by atoms with Crippen molar-refractivity contribution in [2.75, 3.05) is 0 Å². The van der Waals surface area contributed by atoms with Gasteiger partial charge in [0, 0.05) is 22.5 Å². The van der Waals surface area contributed by atoms with Gasteiger partial charge in [-0.25, -0.2) is 0 Å². The van der Waals surface area contributed by atoms with Crippen LogP contribution in [0.15, 0.2) is 36.7 Å². The first kappa shape index (κ1) is 8.99. The van der Waals surface area contributed by atoms with Gasteiger partial charge in [0.1, 0.15) is 0 Å². The molecule has 2 heteroatoms. The Hall–Kier alpha value is -2.09. The summed E-state index contributed by atoms with van der Waals surface area (Å²) in [5.74, 6) is 0. The number of aromatic nitrogens is 2. The van der Waals surface area contributed by atoms with Crippen LogP contribution in [0.1, 0.15) is 17.5 Å². The molecule has 0 fully saturated rings. The molecule has 0 amide bonds. The Bertz CT molecular complexity index is 750. The normalized spacial score (nSPS) is 14.4. The number of allylic oxidation sites excluding steroid dienone is 1. The Morgan fingerprint density at radius 2 is 2.12 bits per heavy atom. The summed E-state index contributed by atoms with van der Waals surface area (Å²) in [6.07, 6.45) is 10.6. The summed E-state index contributed by atoms with van der Waals surface area (Å²) < 4.78 is 0. The quantitative estimate of drug-likeness (QED) is 0.615. The molecule has 4 rings (SSSR count). The third kappa shape index (κ3) is 1.18. The molecule has 82 valence electrons. The van der Waals surface area contributed by atoms with Crippen LogP contribution in [0, 0.1) is 0 Å². The van der Waals surface area contributed by atoms with Crippen molar-refractivity contribution >= 4 is 27.9 Å². The lowest BCUT2D eigenvalue weighted by atomic mass is 9.93. The summed E-state index contributed by atoms with van der Waals surface area (Å²) in [5, 5.41) is 2.62. The van der Waals surface area contributed by atoms with Crippen molar-refractivity contribution in [2.45, 2.75) is 12.8 Å².